The first-order chi connectivity index (χ1) is 16.9. The lowest BCUT2D eigenvalue weighted by Crippen LogP contribution is -2.25. The van der Waals surface area contributed by atoms with Gasteiger partial charge in [-0.1, -0.05) is 35.9 Å². The Morgan fingerprint density at radius 3 is 2.71 bits per heavy atom. The van der Waals surface area contributed by atoms with Crippen molar-refractivity contribution in [2.24, 2.45) is 0 Å². The Morgan fingerprint density at radius 2 is 1.97 bits per heavy atom. The van der Waals surface area contributed by atoms with Crippen molar-refractivity contribution in [3.8, 4) is 17.3 Å². The smallest absolute Gasteiger partial charge is 0.226 e. The highest BCUT2D eigenvalue weighted by molar-refractivity contribution is 6.29. The second kappa shape index (κ2) is 9.34. The van der Waals surface area contributed by atoms with Gasteiger partial charge in [-0.05, 0) is 42.8 Å². The van der Waals surface area contributed by atoms with Gasteiger partial charge < -0.3 is 14.8 Å². The maximum Gasteiger partial charge on any atom is 0.226 e. The number of anilines is 1. The number of nitrogens with one attached hydrogen (secondary N) is 1. The number of aromatic nitrogens is 4. The number of hydrogen-bond acceptors (Lipinski definition) is 6. The van der Waals surface area contributed by atoms with E-state index in [2.05, 4.69) is 20.6 Å². The van der Waals surface area contributed by atoms with Crippen LogP contribution in [0.1, 0.15) is 34.7 Å². The molecule has 0 saturated carbocycles. The van der Waals surface area contributed by atoms with E-state index in [0.717, 1.165) is 16.8 Å². The van der Waals surface area contributed by atoms with Crippen LogP contribution in [0.25, 0.3) is 5.82 Å². The summed E-state index contributed by atoms with van der Waals surface area (Å²) >= 11 is 5.87. The van der Waals surface area contributed by atoms with Crippen molar-refractivity contribution in [1.29, 1.82) is 0 Å². The molecule has 2 aromatic carbocycles. The highest BCUT2D eigenvalue weighted by Gasteiger charge is 2.33. The number of fused-ring (bicyclic) bond motifs is 1. The third-order valence-electron chi connectivity index (χ3n) is 5.87. The Hall–Kier alpha value is -3.98. The minimum Gasteiger partial charge on any atom is -0.493 e. The quantitative estimate of drug-likeness (QED) is 0.414. The molecule has 8 nitrogen and oxygen atoms in total. The fourth-order valence-corrected chi connectivity index (χ4v) is 4.31. The van der Waals surface area contributed by atoms with Crippen molar-refractivity contribution < 1.29 is 18.7 Å². The van der Waals surface area contributed by atoms with Crippen LogP contribution in [0.5, 0.6) is 11.5 Å². The van der Waals surface area contributed by atoms with Crippen LogP contribution in [0.4, 0.5) is 10.2 Å². The molecule has 5 rings (SSSR count). The number of halogens is 2. The van der Waals surface area contributed by atoms with Gasteiger partial charge in [0.15, 0.2) is 22.5 Å². The van der Waals surface area contributed by atoms with Gasteiger partial charge in [-0.2, -0.15) is 9.78 Å². The molecule has 3 heterocycles. The van der Waals surface area contributed by atoms with Crippen molar-refractivity contribution in [1.82, 2.24) is 20.0 Å². The molecular formula is C25H21ClFN5O3. The molecule has 0 fully saturated rings. The molecule has 10 heteroatoms. The minimum absolute atomic E-state index is 0.0619. The highest BCUT2D eigenvalue weighted by atomic mass is 35.5. The van der Waals surface area contributed by atoms with E-state index in [9.17, 15) is 9.18 Å². The second-order valence-corrected chi connectivity index (χ2v) is 8.46. The maximum absolute atomic E-state index is 14.0. The van der Waals surface area contributed by atoms with Gasteiger partial charge in [0.05, 0.1) is 12.8 Å². The van der Waals surface area contributed by atoms with Crippen molar-refractivity contribution >= 4 is 23.3 Å². The Kier molecular flexibility index (Phi) is 6.08. The number of amides is 1. The number of benzene rings is 2. The van der Waals surface area contributed by atoms with Gasteiger partial charge in [-0.15, -0.1) is 10.2 Å². The summed E-state index contributed by atoms with van der Waals surface area (Å²) in [7, 11) is 1.54. The van der Waals surface area contributed by atoms with Gasteiger partial charge in [0.25, 0.3) is 0 Å². The molecule has 0 saturated heterocycles. The number of rotatable bonds is 6. The maximum atomic E-state index is 14.0. The summed E-state index contributed by atoms with van der Waals surface area (Å²) in [4.78, 5) is 12.7. The average Bonchev–Trinajstić information content (AvgIpc) is 3.19. The van der Waals surface area contributed by atoms with E-state index in [-0.39, 0.29) is 35.8 Å². The van der Waals surface area contributed by atoms with Crippen LogP contribution in [0.15, 0.2) is 54.6 Å². The molecule has 1 N–H and O–H groups in total. The SMILES string of the molecule is COc1cc([C@H]2CC(=O)Nc3c2c(C)nn3-c2ccc(Cl)nn2)ccc1OCc1ccccc1F. The van der Waals surface area contributed by atoms with Crippen LogP contribution in [0, 0.1) is 12.7 Å². The zero-order valence-electron chi connectivity index (χ0n) is 19.0. The number of carbonyl (C=O) groups excluding carboxylic acids is 1. The van der Waals surface area contributed by atoms with Gasteiger partial charge in [0.2, 0.25) is 5.91 Å². The average molecular weight is 494 g/mol. The van der Waals surface area contributed by atoms with Gasteiger partial charge in [0.1, 0.15) is 18.2 Å². The Labute approximate surface area is 205 Å². The number of methoxy groups -OCH3 is 1. The lowest BCUT2D eigenvalue weighted by molar-refractivity contribution is -0.116. The zero-order valence-corrected chi connectivity index (χ0v) is 19.7. The van der Waals surface area contributed by atoms with E-state index in [1.54, 1.807) is 41.1 Å². The van der Waals surface area contributed by atoms with Gasteiger partial charge >= 0.3 is 0 Å². The molecule has 178 valence electrons. The number of ether oxygens (including phenoxy) is 2. The lowest BCUT2D eigenvalue weighted by atomic mass is 9.85. The van der Waals surface area contributed by atoms with Gasteiger partial charge in [-0.25, -0.2) is 4.39 Å². The summed E-state index contributed by atoms with van der Waals surface area (Å²) in [6, 6.07) is 15.2. The predicted molar refractivity (Wildman–Crippen MR) is 128 cm³/mol. The molecule has 0 aliphatic carbocycles. The summed E-state index contributed by atoms with van der Waals surface area (Å²) in [5.74, 6) is 1.20. The van der Waals surface area contributed by atoms with E-state index < -0.39 is 0 Å². The van der Waals surface area contributed by atoms with Crippen LogP contribution in [0.3, 0.4) is 0 Å². The molecule has 0 unspecified atom stereocenters. The monoisotopic (exact) mass is 493 g/mol. The van der Waals surface area contributed by atoms with E-state index in [1.165, 1.54) is 13.2 Å². The van der Waals surface area contributed by atoms with E-state index in [0.29, 0.717) is 28.7 Å². The third-order valence-corrected chi connectivity index (χ3v) is 6.07. The van der Waals surface area contributed by atoms with Gasteiger partial charge in [0, 0.05) is 23.5 Å². The summed E-state index contributed by atoms with van der Waals surface area (Å²) in [6.07, 6.45) is 0.240. The lowest BCUT2D eigenvalue weighted by Gasteiger charge is -2.25. The summed E-state index contributed by atoms with van der Waals surface area (Å²) in [5.41, 5.74) is 2.94. The molecule has 1 atom stereocenters. The summed E-state index contributed by atoms with van der Waals surface area (Å²) in [6.45, 7) is 1.94. The first kappa shape index (κ1) is 22.8. The van der Waals surface area contributed by atoms with E-state index >= 15 is 0 Å². The summed E-state index contributed by atoms with van der Waals surface area (Å²) < 4.78 is 26.9. The van der Waals surface area contributed by atoms with Crippen molar-refractivity contribution in [3.05, 3.63) is 88.0 Å². The van der Waals surface area contributed by atoms with Crippen LogP contribution >= 0.6 is 11.6 Å². The molecular weight excluding hydrogens is 473 g/mol. The normalized spacial score (nSPS) is 14.9. The fraction of sp³-hybridized carbons (Fsp3) is 0.200. The minimum atomic E-state index is -0.332. The molecule has 0 radical (unpaired) electrons. The van der Waals surface area contributed by atoms with Gasteiger partial charge in [-0.3, -0.25) is 4.79 Å². The molecule has 2 aromatic heterocycles. The zero-order chi connectivity index (χ0) is 24.5. The van der Waals surface area contributed by atoms with Crippen LogP contribution in [-0.4, -0.2) is 33.0 Å². The summed E-state index contributed by atoms with van der Waals surface area (Å²) in [5, 5.41) is 15.7. The molecule has 4 aromatic rings. The van der Waals surface area contributed by atoms with Crippen LogP contribution in [0.2, 0.25) is 5.15 Å². The number of nitrogens with zero attached hydrogens (tertiary/aromatic N) is 4. The van der Waals surface area contributed by atoms with Crippen molar-refractivity contribution in [3.63, 3.8) is 0 Å². The number of hydrogen-bond donors (Lipinski definition) is 1. The van der Waals surface area contributed by atoms with E-state index in [4.69, 9.17) is 21.1 Å². The Morgan fingerprint density at radius 1 is 1.14 bits per heavy atom. The molecule has 1 aliphatic rings. The Balaban J connectivity index is 1.48. The standard InChI is InChI=1S/C25H21ClFN5O3/c1-14-24-17(12-23(33)28-25(24)32(31-14)22-10-9-21(26)29-30-22)15-7-8-19(20(11-15)34-2)35-13-16-5-3-4-6-18(16)27/h3-11,17H,12-13H2,1-2H3,(H,28,33)/t17-/m1/s1. The number of aryl methyl sites for hydroxylation is 1. The fourth-order valence-electron chi connectivity index (χ4n) is 4.21. The third kappa shape index (κ3) is 4.42. The molecule has 35 heavy (non-hydrogen) atoms. The molecule has 1 aliphatic heterocycles. The van der Waals surface area contributed by atoms with Crippen LogP contribution < -0.4 is 14.8 Å². The highest BCUT2D eigenvalue weighted by Crippen LogP contribution is 2.42. The first-order valence-electron chi connectivity index (χ1n) is 10.9. The first-order valence-corrected chi connectivity index (χ1v) is 11.3. The van der Waals surface area contributed by atoms with Crippen LogP contribution in [-0.2, 0) is 11.4 Å². The predicted octanol–water partition coefficient (Wildman–Crippen LogP) is 4.82. The second-order valence-electron chi connectivity index (χ2n) is 8.07. The Bertz CT molecular complexity index is 1410. The number of carbonyl (C=O) groups is 1. The largest absolute Gasteiger partial charge is 0.493 e. The topological polar surface area (TPSA) is 91.2 Å². The molecule has 0 bridgehead atoms. The van der Waals surface area contributed by atoms with E-state index in [1.807, 2.05) is 19.1 Å². The molecule has 1 amide bonds. The van der Waals surface area contributed by atoms with Crippen molar-refractivity contribution in [2.45, 2.75) is 25.9 Å². The van der Waals surface area contributed by atoms with Crippen molar-refractivity contribution in [2.75, 3.05) is 12.4 Å². The molecule has 0 spiro atoms.